The van der Waals surface area contributed by atoms with E-state index < -0.39 is 11.1 Å². The fourth-order valence-electron chi connectivity index (χ4n) is 4.17. The molecule has 3 amide bonds. The first-order valence-electron chi connectivity index (χ1n) is 11.7. The SMILES string of the molecule is O=C(CN1C(=O)S/C(=C\c2cccc(Oc3ccccc3)c2)C1=O)N1CCN(c2ccccc2)CC1. The smallest absolute Gasteiger partial charge is 0.294 e. The molecule has 0 N–H and O–H groups in total. The molecule has 0 unspecified atom stereocenters. The number of hydrogen-bond acceptors (Lipinski definition) is 6. The third kappa shape index (κ3) is 5.44. The molecule has 2 heterocycles. The third-order valence-electron chi connectivity index (χ3n) is 6.06. The van der Waals surface area contributed by atoms with E-state index in [1.807, 2.05) is 78.9 Å². The van der Waals surface area contributed by atoms with Gasteiger partial charge in [0.25, 0.3) is 11.1 Å². The van der Waals surface area contributed by atoms with E-state index in [1.54, 1.807) is 17.0 Å². The van der Waals surface area contributed by atoms with Crippen LogP contribution < -0.4 is 9.64 Å². The Bertz CT molecular complexity index is 1290. The Labute approximate surface area is 213 Å². The second-order valence-electron chi connectivity index (χ2n) is 8.46. The average molecular weight is 500 g/mol. The molecule has 2 fully saturated rings. The van der Waals surface area contributed by atoms with Crippen LogP contribution in [-0.4, -0.2) is 59.6 Å². The van der Waals surface area contributed by atoms with Crippen LogP contribution in [0.5, 0.6) is 11.5 Å². The Kier molecular flexibility index (Phi) is 7.04. The van der Waals surface area contributed by atoms with Gasteiger partial charge < -0.3 is 14.5 Å². The van der Waals surface area contributed by atoms with E-state index in [1.165, 1.54) is 0 Å². The Morgan fingerprint density at radius 2 is 1.50 bits per heavy atom. The van der Waals surface area contributed by atoms with E-state index >= 15 is 0 Å². The van der Waals surface area contributed by atoms with Crippen molar-refractivity contribution >= 4 is 40.6 Å². The summed E-state index contributed by atoms with van der Waals surface area (Å²) < 4.78 is 5.86. The molecular formula is C28H25N3O4S. The van der Waals surface area contributed by atoms with Crippen LogP contribution in [0, 0.1) is 0 Å². The number of amides is 3. The number of ether oxygens (including phenoxy) is 1. The highest BCUT2D eigenvalue weighted by Crippen LogP contribution is 2.33. The molecule has 2 saturated heterocycles. The largest absolute Gasteiger partial charge is 0.457 e. The minimum Gasteiger partial charge on any atom is -0.457 e. The molecule has 0 bridgehead atoms. The van der Waals surface area contributed by atoms with E-state index in [0.29, 0.717) is 42.6 Å². The Morgan fingerprint density at radius 1 is 0.833 bits per heavy atom. The highest BCUT2D eigenvalue weighted by Gasteiger charge is 2.37. The summed E-state index contributed by atoms with van der Waals surface area (Å²) in [7, 11) is 0. The fourth-order valence-corrected chi connectivity index (χ4v) is 5.01. The summed E-state index contributed by atoms with van der Waals surface area (Å²) in [5.74, 6) is 0.664. The number of thioether (sulfide) groups is 1. The first-order valence-corrected chi connectivity index (χ1v) is 12.5. The van der Waals surface area contributed by atoms with Crippen molar-refractivity contribution in [1.29, 1.82) is 0 Å². The molecule has 5 rings (SSSR count). The molecule has 0 saturated carbocycles. The van der Waals surface area contributed by atoms with Gasteiger partial charge in [0.2, 0.25) is 5.91 Å². The molecule has 182 valence electrons. The van der Waals surface area contributed by atoms with Gasteiger partial charge in [0, 0.05) is 31.9 Å². The molecule has 0 aromatic heterocycles. The number of para-hydroxylation sites is 2. The number of anilines is 1. The fraction of sp³-hybridized carbons (Fsp3) is 0.179. The van der Waals surface area contributed by atoms with Crippen LogP contribution in [0.3, 0.4) is 0 Å². The normalized spacial score (nSPS) is 17.1. The Hall–Kier alpha value is -4.04. The van der Waals surface area contributed by atoms with E-state index in [0.717, 1.165) is 27.9 Å². The van der Waals surface area contributed by atoms with Gasteiger partial charge in [0.05, 0.1) is 4.91 Å². The van der Waals surface area contributed by atoms with Crippen molar-refractivity contribution in [2.24, 2.45) is 0 Å². The predicted octanol–water partition coefficient (Wildman–Crippen LogP) is 4.86. The van der Waals surface area contributed by atoms with Crippen molar-refractivity contribution in [3.8, 4) is 11.5 Å². The van der Waals surface area contributed by atoms with Gasteiger partial charge in [0.15, 0.2) is 0 Å². The van der Waals surface area contributed by atoms with Gasteiger partial charge in [-0.1, -0.05) is 48.5 Å². The molecular weight excluding hydrogens is 474 g/mol. The molecule has 3 aromatic carbocycles. The van der Waals surface area contributed by atoms with E-state index in [2.05, 4.69) is 4.90 Å². The summed E-state index contributed by atoms with van der Waals surface area (Å²) in [6.45, 7) is 2.27. The Balaban J connectivity index is 1.20. The van der Waals surface area contributed by atoms with E-state index in [-0.39, 0.29) is 12.5 Å². The lowest BCUT2D eigenvalue weighted by Crippen LogP contribution is -2.51. The zero-order valence-corrected chi connectivity index (χ0v) is 20.4. The van der Waals surface area contributed by atoms with Crippen LogP contribution in [0.2, 0.25) is 0 Å². The van der Waals surface area contributed by atoms with Crippen molar-refractivity contribution in [2.45, 2.75) is 0 Å². The Morgan fingerprint density at radius 3 is 2.22 bits per heavy atom. The minimum absolute atomic E-state index is 0.218. The summed E-state index contributed by atoms with van der Waals surface area (Å²) in [5.41, 5.74) is 1.86. The minimum atomic E-state index is -0.448. The number of imide groups is 1. The zero-order valence-electron chi connectivity index (χ0n) is 19.6. The molecule has 0 atom stereocenters. The quantitative estimate of drug-likeness (QED) is 0.451. The van der Waals surface area contributed by atoms with Crippen LogP contribution in [0.25, 0.3) is 6.08 Å². The van der Waals surface area contributed by atoms with Crippen molar-refractivity contribution in [2.75, 3.05) is 37.6 Å². The maximum absolute atomic E-state index is 13.0. The first kappa shape index (κ1) is 23.7. The van der Waals surface area contributed by atoms with Gasteiger partial charge in [-0.05, 0) is 59.8 Å². The van der Waals surface area contributed by atoms with Crippen molar-refractivity contribution in [1.82, 2.24) is 9.80 Å². The van der Waals surface area contributed by atoms with Crippen LogP contribution >= 0.6 is 11.8 Å². The van der Waals surface area contributed by atoms with Gasteiger partial charge in [0.1, 0.15) is 18.0 Å². The summed E-state index contributed by atoms with van der Waals surface area (Å²) >= 11 is 0.852. The monoisotopic (exact) mass is 499 g/mol. The van der Waals surface area contributed by atoms with Gasteiger partial charge in [-0.2, -0.15) is 0 Å². The average Bonchev–Trinajstić information content (AvgIpc) is 3.17. The van der Waals surface area contributed by atoms with Crippen LogP contribution in [-0.2, 0) is 9.59 Å². The molecule has 8 heteroatoms. The number of nitrogens with zero attached hydrogens (tertiary/aromatic N) is 3. The second-order valence-corrected chi connectivity index (χ2v) is 9.45. The summed E-state index contributed by atoms with van der Waals surface area (Å²) in [6.07, 6.45) is 1.66. The summed E-state index contributed by atoms with van der Waals surface area (Å²) in [4.78, 5) is 43.7. The number of carbonyl (C=O) groups excluding carboxylic acids is 3. The van der Waals surface area contributed by atoms with E-state index in [4.69, 9.17) is 4.74 Å². The standard InChI is InChI=1S/C28H25N3O4S/c32-26(30-16-14-29(15-17-30)22-9-3-1-4-10-22)20-31-27(33)25(36-28(31)34)19-21-8-7-13-24(18-21)35-23-11-5-2-6-12-23/h1-13,18-19H,14-17,20H2/b25-19-. The number of hydrogen-bond donors (Lipinski definition) is 0. The van der Waals surface area contributed by atoms with E-state index in [9.17, 15) is 14.4 Å². The van der Waals surface area contributed by atoms with Crippen LogP contribution in [0.1, 0.15) is 5.56 Å². The molecule has 0 radical (unpaired) electrons. The third-order valence-corrected chi connectivity index (χ3v) is 6.96. The van der Waals surface area contributed by atoms with Gasteiger partial charge >= 0.3 is 0 Å². The maximum Gasteiger partial charge on any atom is 0.294 e. The molecule has 0 aliphatic carbocycles. The molecule has 36 heavy (non-hydrogen) atoms. The zero-order chi connectivity index (χ0) is 24.9. The molecule has 7 nitrogen and oxygen atoms in total. The second kappa shape index (κ2) is 10.7. The topological polar surface area (TPSA) is 70.2 Å². The lowest BCUT2D eigenvalue weighted by molar-refractivity contribution is -0.136. The van der Waals surface area contributed by atoms with Crippen molar-refractivity contribution in [3.63, 3.8) is 0 Å². The summed E-state index contributed by atoms with van der Waals surface area (Å²) in [5, 5.41) is -0.431. The summed E-state index contributed by atoms with van der Waals surface area (Å²) in [6, 6.07) is 26.8. The molecule has 2 aliphatic rings. The maximum atomic E-state index is 13.0. The lowest BCUT2D eigenvalue weighted by atomic mass is 10.2. The predicted molar refractivity (Wildman–Crippen MR) is 141 cm³/mol. The molecule has 0 spiro atoms. The number of rotatable bonds is 6. The highest BCUT2D eigenvalue weighted by atomic mass is 32.2. The van der Waals surface area contributed by atoms with Gasteiger partial charge in [-0.15, -0.1) is 0 Å². The van der Waals surface area contributed by atoms with Crippen molar-refractivity contribution in [3.05, 3.63) is 95.4 Å². The van der Waals surface area contributed by atoms with Gasteiger partial charge in [-0.3, -0.25) is 19.3 Å². The van der Waals surface area contributed by atoms with Crippen molar-refractivity contribution < 1.29 is 19.1 Å². The molecule has 3 aromatic rings. The highest BCUT2D eigenvalue weighted by molar-refractivity contribution is 8.18. The number of piperazine rings is 1. The van der Waals surface area contributed by atoms with Crippen LogP contribution in [0.15, 0.2) is 89.8 Å². The van der Waals surface area contributed by atoms with Gasteiger partial charge in [-0.25, -0.2) is 0 Å². The van der Waals surface area contributed by atoms with Crippen LogP contribution in [0.4, 0.5) is 10.5 Å². The lowest BCUT2D eigenvalue weighted by Gasteiger charge is -2.36. The first-order chi connectivity index (χ1) is 17.6. The molecule has 2 aliphatic heterocycles. The number of benzene rings is 3. The number of carbonyl (C=O) groups is 3.